The molecule has 0 aliphatic heterocycles. The lowest BCUT2D eigenvalue weighted by molar-refractivity contribution is 0.0367. The summed E-state index contributed by atoms with van der Waals surface area (Å²) in [6.45, 7) is 7.44. The van der Waals surface area contributed by atoms with Gasteiger partial charge in [0.1, 0.15) is 0 Å². The van der Waals surface area contributed by atoms with Crippen LogP contribution in [0.4, 0.5) is 0 Å². The quantitative estimate of drug-likeness (QED) is 0.847. The zero-order valence-electron chi connectivity index (χ0n) is 13.5. The third-order valence-electron chi connectivity index (χ3n) is 5.08. The van der Waals surface area contributed by atoms with Crippen LogP contribution in [0.1, 0.15) is 50.7 Å². The number of nitrogens with zero attached hydrogens (tertiary/aromatic N) is 1. The van der Waals surface area contributed by atoms with E-state index in [0.717, 1.165) is 31.1 Å². The molecule has 1 aromatic rings. The maximum absolute atomic E-state index is 9.14. The van der Waals surface area contributed by atoms with Crippen molar-refractivity contribution in [1.82, 2.24) is 4.90 Å². The van der Waals surface area contributed by atoms with Crippen molar-refractivity contribution in [1.29, 1.82) is 0 Å². The summed E-state index contributed by atoms with van der Waals surface area (Å²) in [6.07, 6.45) is 5.06. The number of aliphatic hydroxyl groups is 1. The molecular formula is C18H30N2O. The summed E-state index contributed by atoms with van der Waals surface area (Å²) < 4.78 is 0. The molecule has 0 saturated heterocycles. The van der Waals surface area contributed by atoms with Gasteiger partial charge in [0.2, 0.25) is 0 Å². The molecule has 3 N–H and O–H groups in total. The van der Waals surface area contributed by atoms with Crippen LogP contribution in [0.25, 0.3) is 0 Å². The zero-order chi connectivity index (χ0) is 15.3. The molecule has 0 spiro atoms. The van der Waals surface area contributed by atoms with Gasteiger partial charge < -0.3 is 10.8 Å². The first-order valence-corrected chi connectivity index (χ1v) is 8.27. The lowest BCUT2D eigenvalue weighted by atomic mass is 9.75. The Balaban J connectivity index is 2.12. The summed E-state index contributed by atoms with van der Waals surface area (Å²) in [5, 5.41) is 9.14. The topological polar surface area (TPSA) is 49.5 Å². The molecule has 1 aromatic carbocycles. The number of hydrogen-bond donors (Lipinski definition) is 2. The van der Waals surface area contributed by atoms with Gasteiger partial charge in [-0.3, -0.25) is 4.90 Å². The van der Waals surface area contributed by atoms with Crippen molar-refractivity contribution in [3.8, 4) is 0 Å². The summed E-state index contributed by atoms with van der Waals surface area (Å²) in [7, 11) is 0. The Morgan fingerprint density at radius 1 is 1.29 bits per heavy atom. The fraction of sp³-hybridized carbons (Fsp3) is 0.667. The average molecular weight is 290 g/mol. The molecule has 0 radical (unpaired) electrons. The van der Waals surface area contributed by atoms with Crippen LogP contribution in [0.2, 0.25) is 0 Å². The smallest absolute Gasteiger partial charge is 0.0681 e. The first-order chi connectivity index (χ1) is 10.1. The van der Waals surface area contributed by atoms with Crippen LogP contribution >= 0.6 is 0 Å². The predicted octanol–water partition coefficient (Wildman–Crippen LogP) is 2.91. The molecule has 3 nitrogen and oxygen atoms in total. The molecule has 2 rings (SSSR count). The third kappa shape index (κ3) is 3.85. The van der Waals surface area contributed by atoms with Crippen LogP contribution in [0.3, 0.4) is 0 Å². The normalized spacial score (nSPS) is 26.2. The molecule has 118 valence electrons. The molecule has 21 heavy (non-hydrogen) atoms. The summed E-state index contributed by atoms with van der Waals surface area (Å²) in [6, 6.07) is 8.29. The molecule has 0 aromatic heterocycles. The van der Waals surface area contributed by atoms with Gasteiger partial charge in [-0.15, -0.1) is 0 Å². The van der Waals surface area contributed by atoms with E-state index in [4.69, 9.17) is 10.8 Å². The van der Waals surface area contributed by atoms with Crippen molar-refractivity contribution in [2.45, 2.75) is 58.2 Å². The van der Waals surface area contributed by atoms with E-state index in [-0.39, 0.29) is 12.1 Å². The third-order valence-corrected chi connectivity index (χ3v) is 5.08. The molecule has 0 amide bonds. The Labute approximate surface area is 129 Å². The van der Waals surface area contributed by atoms with Gasteiger partial charge >= 0.3 is 0 Å². The molecule has 3 heteroatoms. The minimum atomic E-state index is 0.113. The predicted molar refractivity (Wildman–Crippen MR) is 87.9 cm³/mol. The molecule has 2 atom stereocenters. The van der Waals surface area contributed by atoms with Gasteiger partial charge in [0, 0.05) is 18.6 Å². The van der Waals surface area contributed by atoms with Crippen LogP contribution in [-0.2, 0) is 13.2 Å². The van der Waals surface area contributed by atoms with E-state index in [1.807, 2.05) is 12.1 Å². The van der Waals surface area contributed by atoms with E-state index < -0.39 is 0 Å². The van der Waals surface area contributed by atoms with Crippen LogP contribution in [0.5, 0.6) is 0 Å². The molecule has 1 aliphatic rings. The second kappa shape index (κ2) is 7.39. The Morgan fingerprint density at radius 2 is 1.95 bits per heavy atom. The molecule has 2 unspecified atom stereocenters. The van der Waals surface area contributed by atoms with Crippen molar-refractivity contribution in [3.63, 3.8) is 0 Å². The molecule has 1 aliphatic carbocycles. The Kier molecular flexibility index (Phi) is 5.80. The van der Waals surface area contributed by atoms with Gasteiger partial charge in [-0.05, 0) is 36.4 Å². The van der Waals surface area contributed by atoms with Crippen LogP contribution in [0, 0.1) is 5.92 Å². The van der Waals surface area contributed by atoms with E-state index in [0.29, 0.717) is 0 Å². The Bertz CT molecular complexity index is 431. The number of benzene rings is 1. The van der Waals surface area contributed by atoms with Gasteiger partial charge in [0.15, 0.2) is 0 Å². The molecule has 0 bridgehead atoms. The van der Waals surface area contributed by atoms with Gasteiger partial charge in [-0.1, -0.05) is 51.0 Å². The van der Waals surface area contributed by atoms with E-state index in [1.165, 1.54) is 31.2 Å². The fourth-order valence-corrected chi connectivity index (χ4v) is 3.82. The maximum Gasteiger partial charge on any atom is 0.0681 e. The Hall–Kier alpha value is -0.900. The number of hydrogen-bond acceptors (Lipinski definition) is 3. The van der Waals surface area contributed by atoms with Crippen molar-refractivity contribution in [2.75, 3.05) is 13.1 Å². The lowest BCUT2D eigenvalue weighted by Gasteiger charge is -2.47. The van der Waals surface area contributed by atoms with Crippen molar-refractivity contribution in [3.05, 3.63) is 35.4 Å². The SMILES string of the molecule is CCN(Cc1ccc(CO)cc1)C1(CN)CCCC(C)C1. The number of likely N-dealkylation sites (N-methyl/N-ethyl adjacent to an activating group) is 1. The summed E-state index contributed by atoms with van der Waals surface area (Å²) in [5.41, 5.74) is 8.65. The highest BCUT2D eigenvalue weighted by Gasteiger charge is 2.38. The van der Waals surface area contributed by atoms with Gasteiger partial charge in [-0.25, -0.2) is 0 Å². The molecule has 0 heterocycles. The standard InChI is InChI=1S/C18H30N2O/c1-3-20(12-16-6-8-17(13-21)9-7-16)18(14-19)10-4-5-15(2)11-18/h6-9,15,21H,3-5,10-14,19H2,1-2H3. The van der Waals surface area contributed by atoms with Crippen molar-refractivity contribution < 1.29 is 5.11 Å². The number of rotatable bonds is 6. The van der Waals surface area contributed by atoms with Crippen molar-refractivity contribution >= 4 is 0 Å². The largest absolute Gasteiger partial charge is 0.392 e. The number of aliphatic hydroxyl groups excluding tert-OH is 1. The highest BCUT2D eigenvalue weighted by atomic mass is 16.3. The van der Waals surface area contributed by atoms with Crippen molar-refractivity contribution in [2.24, 2.45) is 11.7 Å². The highest BCUT2D eigenvalue weighted by Crippen LogP contribution is 2.37. The number of nitrogens with two attached hydrogens (primary N) is 1. The maximum atomic E-state index is 9.14. The summed E-state index contributed by atoms with van der Waals surface area (Å²) in [4.78, 5) is 2.57. The van der Waals surface area contributed by atoms with E-state index in [2.05, 4.69) is 30.9 Å². The van der Waals surface area contributed by atoms with E-state index in [1.54, 1.807) is 0 Å². The average Bonchev–Trinajstić information content (AvgIpc) is 2.53. The van der Waals surface area contributed by atoms with Gasteiger partial charge in [0.25, 0.3) is 0 Å². The molecule has 1 saturated carbocycles. The van der Waals surface area contributed by atoms with Crippen LogP contribution in [0.15, 0.2) is 24.3 Å². The summed E-state index contributed by atoms with van der Waals surface area (Å²) >= 11 is 0. The first kappa shape index (κ1) is 16.5. The van der Waals surface area contributed by atoms with Crippen LogP contribution < -0.4 is 5.73 Å². The minimum absolute atomic E-state index is 0.113. The van der Waals surface area contributed by atoms with E-state index in [9.17, 15) is 0 Å². The highest BCUT2D eigenvalue weighted by molar-refractivity contribution is 5.22. The summed E-state index contributed by atoms with van der Waals surface area (Å²) in [5.74, 6) is 0.771. The second-order valence-corrected chi connectivity index (χ2v) is 6.62. The molecular weight excluding hydrogens is 260 g/mol. The monoisotopic (exact) mass is 290 g/mol. The fourth-order valence-electron chi connectivity index (χ4n) is 3.82. The first-order valence-electron chi connectivity index (χ1n) is 8.27. The van der Waals surface area contributed by atoms with E-state index >= 15 is 0 Å². The van der Waals surface area contributed by atoms with Gasteiger partial charge in [0.05, 0.1) is 6.61 Å². The lowest BCUT2D eigenvalue weighted by Crippen LogP contribution is -2.55. The second-order valence-electron chi connectivity index (χ2n) is 6.62. The van der Waals surface area contributed by atoms with Gasteiger partial charge in [-0.2, -0.15) is 0 Å². The molecule has 1 fully saturated rings. The van der Waals surface area contributed by atoms with Crippen LogP contribution in [-0.4, -0.2) is 28.6 Å². The zero-order valence-corrected chi connectivity index (χ0v) is 13.5. The Morgan fingerprint density at radius 3 is 2.48 bits per heavy atom. The minimum Gasteiger partial charge on any atom is -0.392 e.